The molecule has 1 aromatic rings. The molecule has 0 amide bonds. The lowest BCUT2D eigenvalue weighted by molar-refractivity contribution is -0.143. The molecule has 4 rings (SSSR count). The van der Waals surface area contributed by atoms with Crippen molar-refractivity contribution in [3.05, 3.63) is 46.6 Å². The number of ether oxygens (including phenoxy) is 1. The summed E-state index contributed by atoms with van der Waals surface area (Å²) in [6.45, 7) is 0.597. The second-order valence-corrected chi connectivity index (χ2v) is 7.01. The van der Waals surface area contributed by atoms with Crippen molar-refractivity contribution in [3.8, 4) is 0 Å². The zero-order valence-corrected chi connectivity index (χ0v) is 13.7. The van der Waals surface area contributed by atoms with Crippen LogP contribution in [0.3, 0.4) is 0 Å². The molecule has 0 radical (unpaired) electrons. The molecule has 122 valence electrons. The number of rotatable bonds is 3. The van der Waals surface area contributed by atoms with Crippen molar-refractivity contribution in [1.82, 2.24) is 10.8 Å². The van der Waals surface area contributed by atoms with Gasteiger partial charge in [-0.1, -0.05) is 23.7 Å². The number of allylic oxidation sites excluding steroid dienone is 1. The summed E-state index contributed by atoms with van der Waals surface area (Å²) in [5, 5.41) is 3.92. The van der Waals surface area contributed by atoms with Crippen molar-refractivity contribution in [2.75, 3.05) is 13.7 Å². The van der Waals surface area contributed by atoms with E-state index in [1.165, 1.54) is 12.7 Å². The molecule has 2 heterocycles. The summed E-state index contributed by atoms with van der Waals surface area (Å²) in [5.41, 5.74) is 4.98. The third-order valence-electron chi connectivity index (χ3n) is 5.12. The van der Waals surface area contributed by atoms with Gasteiger partial charge in [0.1, 0.15) is 11.6 Å². The Morgan fingerprint density at radius 3 is 2.74 bits per heavy atom. The summed E-state index contributed by atoms with van der Waals surface area (Å²) in [6, 6.07) is 7.68. The number of methoxy groups -OCH3 is 1. The first kappa shape index (κ1) is 15.0. The molecule has 5 nitrogen and oxygen atoms in total. The Bertz CT molecular complexity index is 669. The molecule has 3 aliphatic rings. The van der Waals surface area contributed by atoms with Gasteiger partial charge in [-0.05, 0) is 36.6 Å². The quantitative estimate of drug-likeness (QED) is 0.829. The summed E-state index contributed by atoms with van der Waals surface area (Å²) >= 11 is 5.99. The van der Waals surface area contributed by atoms with E-state index in [1.54, 1.807) is 0 Å². The highest BCUT2D eigenvalue weighted by Crippen LogP contribution is 2.55. The minimum atomic E-state index is -0.476. The van der Waals surface area contributed by atoms with Crippen LogP contribution in [0.4, 0.5) is 0 Å². The number of carbonyl (C=O) groups excluding carboxylic acids is 1. The van der Waals surface area contributed by atoms with Gasteiger partial charge in [-0.25, -0.2) is 0 Å². The zero-order chi connectivity index (χ0) is 16.1. The Morgan fingerprint density at radius 2 is 2.09 bits per heavy atom. The Kier molecular flexibility index (Phi) is 3.41. The highest BCUT2D eigenvalue weighted by Gasteiger charge is 2.54. The Morgan fingerprint density at radius 1 is 1.35 bits per heavy atom. The van der Waals surface area contributed by atoms with Gasteiger partial charge in [0.15, 0.2) is 0 Å². The first-order valence-corrected chi connectivity index (χ1v) is 8.19. The summed E-state index contributed by atoms with van der Waals surface area (Å²) < 4.78 is 4.81. The van der Waals surface area contributed by atoms with Gasteiger partial charge in [-0.15, -0.1) is 0 Å². The highest BCUT2D eigenvalue weighted by atomic mass is 35.5. The Labute approximate surface area is 139 Å². The maximum atomic E-state index is 11.7. The minimum absolute atomic E-state index is 0.00254. The van der Waals surface area contributed by atoms with Crippen LogP contribution >= 0.6 is 11.6 Å². The Hall–Kier alpha value is -1.56. The van der Waals surface area contributed by atoms with E-state index in [1.807, 2.05) is 12.1 Å². The number of hydrogen-bond acceptors (Lipinski definition) is 5. The molecule has 1 spiro atoms. The molecule has 1 saturated heterocycles. The van der Waals surface area contributed by atoms with E-state index < -0.39 is 5.60 Å². The molecule has 0 aromatic heterocycles. The molecule has 2 atom stereocenters. The summed E-state index contributed by atoms with van der Waals surface area (Å²) in [4.78, 5) is 17.6. The first-order chi connectivity index (χ1) is 11.1. The van der Waals surface area contributed by atoms with Gasteiger partial charge in [-0.2, -0.15) is 0 Å². The van der Waals surface area contributed by atoms with E-state index in [4.69, 9.17) is 21.2 Å². The van der Waals surface area contributed by atoms with E-state index in [0.29, 0.717) is 13.0 Å². The van der Waals surface area contributed by atoms with Crippen LogP contribution in [-0.4, -0.2) is 31.3 Å². The van der Waals surface area contributed by atoms with Crippen molar-refractivity contribution >= 4 is 17.6 Å². The van der Waals surface area contributed by atoms with Crippen LogP contribution in [0.15, 0.2) is 36.0 Å². The summed E-state index contributed by atoms with van der Waals surface area (Å²) in [6.07, 6.45) is 4.89. The van der Waals surface area contributed by atoms with Gasteiger partial charge >= 0.3 is 5.97 Å². The molecule has 1 unspecified atom stereocenters. The normalized spacial score (nSPS) is 30.9. The standard InChI is InChI=1S/C17H19ClN2O3/c1-22-15(21)13-8-16(10-19-13)9-14(20-23-16)17(6-7-17)11-2-4-12(18)5-3-11/h2-5,9,13,19-20H,6-8,10H2,1H3/t13-,16?/m0/s1. The van der Waals surface area contributed by atoms with Gasteiger partial charge in [0.2, 0.25) is 0 Å². The minimum Gasteiger partial charge on any atom is -0.468 e. The molecule has 1 saturated carbocycles. The Balaban J connectivity index is 1.57. The first-order valence-electron chi connectivity index (χ1n) is 7.82. The lowest BCUT2D eigenvalue weighted by atomic mass is 9.89. The molecule has 6 heteroatoms. The molecule has 23 heavy (non-hydrogen) atoms. The van der Waals surface area contributed by atoms with Crippen LogP contribution in [-0.2, 0) is 19.8 Å². The van der Waals surface area contributed by atoms with Crippen molar-refractivity contribution in [2.45, 2.75) is 36.3 Å². The molecule has 2 aliphatic heterocycles. The summed E-state index contributed by atoms with van der Waals surface area (Å²) in [7, 11) is 1.41. The van der Waals surface area contributed by atoms with Gasteiger partial charge in [0.25, 0.3) is 0 Å². The molecular formula is C17H19ClN2O3. The monoisotopic (exact) mass is 334 g/mol. The van der Waals surface area contributed by atoms with Crippen LogP contribution in [0, 0.1) is 0 Å². The molecule has 1 aromatic carbocycles. The fourth-order valence-corrected chi connectivity index (χ4v) is 3.73. The molecule has 0 bridgehead atoms. The lowest BCUT2D eigenvalue weighted by Crippen LogP contribution is -2.32. The number of benzene rings is 1. The number of hydroxylamine groups is 1. The predicted molar refractivity (Wildman–Crippen MR) is 85.8 cm³/mol. The third-order valence-corrected chi connectivity index (χ3v) is 5.37. The maximum Gasteiger partial charge on any atom is 0.322 e. The van der Waals surface area contributed by atoms with Crippen LogP contribution in [0.25, 0.3) is 0 Å². The SMILES string of the molecule is COC(=O)[C@@H]1CC2(C=C(C3(c4ccc(Cl)cc4)CC3)NO2)CN1. The van der Waals surface area contributed by atoms with E-state index in [9.17, 15) is 4.79 Å². The van der Waals surface area contributed by atoms with Crippen LogP contribution in [0.5, 0.6) is 0 Å². The van der Waals surface area contributed by atoms with E-state index in [2.05, 4.69) is 29.0 Å². The van der Waals surface area contributed by atoms with E-state index in [0.717, 1.165) is 23.6 Å². The molecule has 2 N–H and O–H groups in total. The lowest BCUT2D eigenvalue weighted by Gasteiger charge is -2.18. The molecule has 2 fully saturated rings. The van der Waals surface area contributed by atoms with Crippen LogP contribution in [0.1, 0.15) is 24.8 Å². The van der Waals surface area contributed by atoms with Gasteiger partial charge in [0.05, 0.1) is 7.11 Å². The zero-order valence-electron chi connectivity index (χ0n) is 12.9. The third kappa shape index (κ3) is 2.43. The fraction of sp³-hybridized carbons (Fsp3) is 0.471. The molecule has 1 aliphatic carbocycles. The number of nitrogens with one attached hydrogen (secondary N) is 2. The smallest absolute Gasteiger partial charge is 0.322 e. The van der Waals surface area contributed by atoms with Gasteiger partial charge < -0.3 is 10.1 Å². The summed E-state index contributed by atoms with van der Waals surface area (Å²) in [5.74, 6) is -0.244. The number of halogens is 1. The highest BCUT2D eigenvalue weighted by molar-refractivity contribution is 6.30. The predicted octanol–water partition coefficient (Wildman–Crippen LogP) is 2.06. The second kappa shape index (κ2) is 5.23. The topological polar surface area (TPSA) is 59.6 Å². The van der Waals surface area contributed by atoms with Gasteiger partial charge in [-0.3, -0.25) is 15.1 Å². The van der Waals surface area contributed by atoms with Crippen molar-refractivity contribution in [3.63, 3.8) is 0 Å². The number of esters is 1. The largest absolute Gasteiger partial charge is 0.468 e. The van der Waals surface area contributed by atoms with Crippen molar-refractivity contribution in [2.24, 2.45) is 0 Å². The van der Waals surface area contributed by atoms with Crippen molar-refractivity contribution in [1.29, 1.82) is 0 Å². The number of carbonyl (C=O) groups is 1. The van der Waals surface area contributed by atoms with E-state index >= 15 is 0 Å². The second-order valence-electron chi connectivity index (χ2n) is 6.58. The molecular weight excluding hydrogens is 316 g/mol. The van der Waals surface area contributed by atoms with Crippen LogP contribution in [0.2, 0.25) is 5.02 Å². The van der Waals surface area contributed by atoms with Gasteiger partial charge in [0, 0.05) is 29.1 Å². The van der Waals surface area contributed by atoms with Crippen LogP contribution < -0.4 is 10.8 Å². The maximum absolute atomic E-state index is 11.7. The number of hydrogen-bond donors (Lipinski definition) is 2. The van der Waals surface area contributed by atoms with E-state index in [-0.39, 0.29) is 17.4 Å². The van der Waals surface area contributed by atoms with Crippen molar-refractivity contribution < 1.29 is 14.4 Å². The average molecular weight is 335 g/mol. The average Bonchev–Trinajstić information content (AvgIpc) is 3.11. The fourth-order valence-electron chi connectivity index (χ4n) is 3.60.